The van der Waals surface area contributed by atoms with Crippen LogP contribution in [0, 0.1) is 5.92 Å². The van der Waals surface area contributed by atoms with Gasteiger partial charge < -0.3 is 19.8 Å². The monoisotopic (exact) mass is 727 g/mol. The number of rotatable bonds is 8. The molecule has 3 atom stereocenters. The molecule has 14 heteroatoms. The molecule has 3 aromatic carbocycles. The summed E-state index contributed by atoms with van der Waals surface area (Å²) >= 11 is 11.9. The predicted octanol–water partition coefficient (Wildman–Crippen LogP) is 5.84. The standard InChI is InChI=1S/C31H23BrClN3O7S2/c1-2-42-30(40)15-3-8-18(9-4-15)34-22(37)14-43-21-12-7-17(33)13-20(21)23-24-26(44-27-25(23)45-31(41)35-27)29(39)36(28(24)38)19-10-5-16(32)6-11-19/h3-13,23-24,26H,2,14H2,1H3,(H,34,37)(H,35,41). The summed E-state index contributed by atoms with van der Waals surface area (Å²) in [6.07, 6.45) is 0. The largest absolute Gasteiger partial charge is 0.483 e. The smallest absolute Gasteiger partial charge is 0.338 e. The summed E-state index contributed by atoms with van der Waals surface area (Å²) in [5, 5.41) is 2.77. The second-order valence-electron chi connectivity index (χ2n) is 10.1. The van der Waals surface area contributed by atoms with Crippen molar-refractivity contribution in [1.29, 1.82) is 0 Å². The van der Waals surface area contributed by atoms with Crippen LogP contribution in [0.1, 0.15) is 33.6 Å². The molecular formula is C31H23BrClN3O7S2. The number of hydrogen-bond donors (Lipinski definition) is 2. The van der Waals surface area contributed by atoms with E-state index in [0.717, 1.165) is 27.6 Å². The molecule has 0 aliphatic carbocycles. The Kier molecular flexibility index (Phi) is 8.87. The van der Waals surface area contributed by atoms with E-state index < -0.39 is 47.4 Å². The van der Waals surface area contributed by atoms with Crippen molar-refractivity contribution in [2.45, 2.75) is 23.1 Å². The lowest BCUT2D eigenvalue weighted by Crippen LogP contribution is -2.32. The Labute approximate surface area is 278 Å². The van der Waals surface area contributed by atoms with Gasteiger partial charge in [0.1, 0.15) is 11.0 Å². The predicted molar refractivity (Wildman–Crippen MR) is 175 cm³/mol. The first-order valence-corrected chi connectivity index (χ1v) is 16.5. The van der Waals surface area contributed by atoms with Gasteiger partial charge in [-0.3, -0.25) is 19.2 Å². The van der Waals surface area contributed by atoms with Crippen LogP contribution in [0.25, 0.3) is 0 Å². The Morgan fingerprint density at radius 1 is 1.02 bits per heavy atom. The summed E-state index contributed by atoms with van der Waals surface area (Å²) < 4.78 is 11.8. The Balaban J connectivity index is 1.28. The molecule has 3 amide bonds. The Bertz CT molecular complexity index is 1880. The van der Waals surface area contributed by atoms with Gasteiger partial charge in [0.2, 0.25) is 11.8 Å². The molecule has 45 heavy (non-hydrogen) atoms. The van der Waals surface area contributed by atoms with Crippen molar-refractivity contribution in [2.75, 3.05) is 23.4 Å². The molecule has 6 rings (SSSR count). The molecule has 0 spiro atoms. The fourth-order valence-electron chi connectivity index (χ4n) is 5.34. The summed E-state index contributed by atoms with van der Waals surface area (Å²) in [5.74, 6) is -3.08. The normalized spacial score (nSPS) is 18.7. The highest BCUT2D eigenvalue weighted by Crippen LogP contribution is 2.54. The highest BCUT2D eigenvalue weighted by molar-refractivity contribution is 9.10. The number of carbonyl (C=O) groups is 4. The van der Waals surface area contributed by atoms with E-state index in [4.69, 9.17) is 21.1 Å². The lowest BCUT2D eigenvalue weighted by molar-refractivity contribution is -0.122. The van der Waals surface area contributed by atoms with Crippen molar-refractivity contribution in [3.63, 3.8) is 0 Å². The van der Waals surface area contributed by atoms with Gasteiger partial charge in [0.05, 0.1) is 28.8 Å². The van der Waals surface area contributed by atoms with Crippen molar-refractivity contribution in [1.82, 2.24) is 4.98 Å². The first kappa shape index (κ1) is 31.1. The number of aromatic nitrogens is 1. The number of nitrogens with zero attached hydrogens (tertiary/aromatic N) is 1. The summed E-state index contributed by atoms with van der Waals surface area (Å²) in [7, 11) is 0. The van der Waals surface area contributed by atoms with Crippen LogP contribution in [-0.2, 0) is 19.1 Å². The zero-order chi connectivity index (χ0) is 31.8. The van der Waals surface area contributed by atoms with Crippen molar-refractivity contribution in [3.05, 3.63) is 102 Å². The zero-order valence-corrected chi connectivity index (χ0v) is 27.3. The molecule has 2 aliphatic rings. The number of carbonyl (C=O) groups excluding carboxylic acids is 4. The summed E-state index contributed by atoms with van der Waals surface area (Å²) in [6, 6.07) is 17.9. The number of nitrogens with one attached hydrogen (secondary N) is 2. The number of esters is 1. The lowest BCUT2D eigenvalue weighted by atomic mass is 9.82. The van der Waals surface area contributed by atoms with E-state index in [9.17, 15) is 24.0 Å². The van der Waals surface area contributed by atoms with Crippen LogP contribution in [0.4, 0.5) is 11.4 Å². The van der Waals surface area contributed by atoms with Gasteiger partial charge in [-0.15, -0.1) is 0 Å². The zero-order valence-electron chi connectivity index (χ0n) is 23.4. The average molecular weight is 729 g/mol. The fourth-order valence-corrected chi connectivity index (χ4v) is 8.29. The number of thiazole rings is 1. The van der Waals surface area contributed by atoms with Crippen LogP contribution in [-0.4, -0.2) is 47.1 Å². The summed E-state index contributed by atoms with van der Waals surface area (Å²) in [5.41, 5.74) is 1.71. The van der Waals surface area contributed by atoms with Crippen molar-refractivity contribution < 1.29 is 28.7 Å². The molecule has 1 saturated heterocycles. The van der Waals surface area contributed by atoms with Gasteiger partial charge in [0, 0.05) is 31.5 Å². The van der Waals surface area contributed by atoms with Crippen molar-refractivity contribution in [2.24, 2.45) is 5.92 Å². The van der Waals surface area contributed by atoms with Crippen LogP contribution in [0.2, 0.25) is 5.02 Å². The van der Waals surface area contributed by atoms with Crippen LogP contribution in [0.15, 0.2) is 81.0 Å². The molecule has 4 aromatic rings. The molecule has 10 nitrogen and oxygen atoms in total. The number of ether oxygens (including phenoxy) is 2. The summed E-state index contributed by atoms with van der Waals surface area (Å²) in [6.45, 7) is 1.57. The maximum atomic E-state index is 14.0. The fraction of sp³-hybridized carbons (Fsp3) is 0.194. The molecular weight excluding hydrogens is 706 g/mol. The third kappa shape index (κ3) is 6.17. The number of H-pyrrole nitrogens is 1. The SMILES string of the molecule is CCOC(=O)c1ccc(NC(=O)COc2ccc(Cl)cc2C2c3sc(=O)[nH]c3SC3C(=O)N(c4ccc(Br)cc4)C(=O)C32)cc1. The van der Waals surface area contributed by atoms with Crippen molar-refractivity contribution >= 4 is 85.7 Å². The van der Waals surface area contributed by atoms with E-state index in [0.29, 0.717) is 37.4 Å². The molecule has 3 heterocycles. The van der Waals surface area contributed by atoms with Gasteiger partial charge in [-0.05, 0) is 73.7 Å². The molecule has 2 aliphatic heterocycles. The van der Waals surface area contributed by atoms with Gasteiger partial charge in [0.25, 0.3) is 5.91 Å². The summed E-state index contributed by atoms with van der Waals surface area (Å²) in [4.78, 5) is 69.3. The first-order valence-electron chi connectivity index (χ1n) is 13.7. The number of halogens is 2. The van der Waals surface area contributed by atoms with E-state index in [1.165, 1.54) is 4.90 Å². The van der Waals surface area contributed by atoms with Crippen LogP contribution in [0.5, 0.6) is 5.75 Å². The highest BCUT2D eigenvalue weighted by Gasteiger charge is 2.56. The van der Waals surface area contributed by atoms with Gasteiger partial charge in [-0.25, -0.2) is 9.69 Å². The van der Waals surface area contributed by atoms with E-state index in [1.54, 1.807) is 73.7 Å². The van der Waals surface area contributed by atoms with Crippen LogP contribution in [0.3, 0.4) is 0 Å². The van der Waals surface area contributed by atoms with E-state index in [1.807, 2.05) is 0 Å². The Morgan fingerprint density at radius 3 is 2.47 bits per heavy atom. The molecule has 0 bridgehead atoms. The Hall–Kier alpha value is -3.91. The number of aromatic amines is 1. The molecule has 230 valence electrons. The minimum atomic E-state index is -0.863. The van der Waals surface area contributed by atoms with Gasteiger partial charge >= 0.3 is 10.8 Å². The van der Waals surface area contributed by atoms with E-state index in [-0.39, 0.29) is 17.2 Å². The van der Waals surface area contributed by atoms with Gasteiger partial charge in [-0.2, -0.15) is 0 Å². The number of benzene rings is 3. The minimum Gasteiger partial charge on any atom is -0.483 e. The molecule has 1 aromatic heterocycles. The molecule has 1 fully saturated rings. The maximum absolute atomic E-state index is 14.0. The third-order valence-electron chi connectivity index (χ3n) is 7.25. The number of amides is 3. The molecule has 0 saturated carbocycles. The van der Waals surface area contributed by atoms with E-state index >= 15 is 0 Å². The lowest BCUT2D eigenvalue weighted by Gasteiger charge is -2.31. The van der Waals surface area contributed by atoms with Crippen molar-refractivity contribution in [3.8, 4) is 5.75 Å². The molecule has 0 radical (unpaired) electrons. The number of hydrogen-bond acceptors (Lipinski definition) is 9. The van der Waals surface area contributed by atoms with E-state index in [2.05, 4.69) is 26.2 Å². The quantitative estimate of drug-likeness (QED) is 0.171. The Morgan fingerprint density at radius 2 is 1.76 bits per heavy atom. The number of thioether (sulfide) groups is 1. The van der Waals surface area contributed by atoms with Gasteiger partial charge in [-0.1, -0.05) is 50.6 Å². The number of imide groups is 1. The topological polar surface area (TPSA) is 135 Å². The second-order valence-corrected chi connectivity index (χ2v) is 13.6. The van der Waals surface area contributed by atoms with Crippen LogP contribution >= 0.6 is 50.6 Å². The van der Waals surface area contributed by atoms with Gasteiger partial charge in [0.15, 0.2) is 6.61 Å². The highest BCUT2D eigenvalue weighted by atomic mass is 79.9. The maximum Gasteiger partial charge on any atom is 0.338 e. The third-order valence-corrected chi connectivity index (χ3v) is 10.4. The molecule has 3 unspecified atom stereocenters. The van der Waals surface area contributed by atoms with Crippen LogP contribution < -0.4 is 19.8 Å². The average Bonchev–Trinajstić information content (AvgIpc) is 3.51. The molecule has 2 N–H and O–H groups in total. The number of fused-ring (bicyclic) bond motifs is 2. The minimum absolute atomic E-state index is 0.250. The first-order chi connectivity index (χ1) is 21.6. The number of anilines is 2. The second kappa shape index (κ2) is 12.8.